The third-order valence-corrected chi connectivity index (χ3v) is 5.08. The average molecular weight is 553 g/mol. The summed E-state index contributed by atoms with van der Waals surface area (Å²) in [6.45, 7) is 0.965. The van der Waals surface area contributed by atoms with E-state index in [0.29, 0.717) is 45.2 Å². The van der Waals surface area contributed by atoms with Gasteiger partial charge in [-0.25, -0.2) is 0 Å². The first-order chi connectivity index (χ1) is 18.3. The number of carbonyl (C=O) groups is 3. The Kier molecular flexibility index (Phi) is 16.7. The maximum atomic E-state index is 10.6. The number of carboxylic acid groups (broad SMARTS) is 3. The summed E-state index contributed by atoms with van der Waals surface area (Å²) in [5.74, 6) is -3.20. The summed E-state index contributed by atoms with van der Waals surface area (Å²) in [4.78, 5) is 34.1. The molecule has 0 aliphatic carbocycles. The van der Waals surface area contributed by atoms with Crippen LogP contribution in [0, 0.1) is 10.8 Å². The van der Waals surface area contributed by atoms with Gasteiger partial charge in [0, 0.05) is 36.6 Å². The molecule has 0 aliphatic rings. The van der Waals surface area contributed by atoms with Crippen molar-refractivity contribution >= 4 is 40.7 Å². The van der Waals surface area contributed by atoms with Crippen LogP contribution in [0.3, 0.4) is 0 Å². The van der Waals surface area contributed by atoms with Crippen molar-refractivity contribution in [2.24, 2.45) is 28.7 Å². The van der Waals surface area contributed by atoms with Gasteiger partial charge in [-0.2, -0.15) is 0 Å². The molecule has 3 atom stereocenters. The van der Waals surface area contributed by atoms with Crippen LogP contribution in [0.4, 0.5) is 0 Å². The predicted molar refractivity (Wildman–Crippen MR) is 147 cm³/mol. The summed E-state index contributed by atoms with van der Waals surface area (Å²) >= 11 is 0. The van der Waals surface area contributed by atoms with E-state index in [1.807, 2.05) is 30.5 Å². The summed E-state index contributed by atoms with van der Waals surface area (Å²) in [5, 5.41) is 45.2. The van der Waals surface area contributed by atoms with Gasteiger partial charge in [0.1, 0.15) is 18.1 Å². The third kappa shape index (κ3) is 16.1. The van der Waals surface area contributed by atoms with Gasteiger partial charge in [-0.05, 0) is 37.3 Å². The Bertz CT molecular complexity index is 1040. The second kappa shape index (κ2) is 18.8. The summed E-state index contributed by atoms with van der Waals surface area (Å²) < 4.78 is 0. The lowest BCUT2D eigenvalue weighted by atomic mass is 10.1. The molecule has 1 heterocycles. The first kappa shape index (κ1) is 34.6. The zero-order valence-electron chi connectivity index (χ0n) is 21.5. The number of para-hydroxylation sites is 1. The molecule has 218 valence electrons. The summed E-state index contributed by atoms with van der Waals surface area (Å²) in [7, 11) is 0. The van der Waals surface area contributed by atoms with Gasteiger partial charge < -0.3 is 59.6 Å². The van der Waals surface area contributed by atoms with Crippen molar-refractivity contribution in [2.75, 3.05) is 13.1 Å². The first-order valence-electron chi connectivity index (χ1n) is 11.9. The number of carboxylic acids is 3. The number of hydrogen-bond donors (Lipinski definition) is 13. The maximum Gasteiger partial charge on any atom is 0.320 e. The van der Waals surface area contributed by atoms with Crippen LogP contribution >= 0.6 is 0 Å². The molecule has 2 aromatic rings. The van der Waals surface area contributed by atoms with Crippen molar-refractivity contribution in [1.82, 2.24) is 15.6 Å². The Morgan fingerprint density at radius 3 is 1.64 bits per heavy atom. The molecule has 0 saturated heterocycles. The Balaban J connectivity index is 0.000000563. The molecule has 2 rings (SSSR count). The van der Waals surface area contributed by atoms with Gasteiger partial charge in [-0.1, -0.05) is 18.2 Å². The highest BCUT2D eigenvalue weighted by Crippen LogP contribution is 2.18. The molecule has 0 saturated carbocycles. The first-order valence-corrected chi connectivity index (χ1v) is 11.9. The molecule has 0 spiro atoms. The van der Waals surface area contributed by atoms with Gasteiger partial charge in [0.25, 0.3) is 0 Å². The number of aromatic amines is 1. The van der Waals surface area contributed by atoms with Crippen molar-refractivity contribution in [3.63, 3.8) is 0 Å². The van der Waals surface area contributed by atoms with Gasteiger partial charge in [0.2, 0.25) is 0 Å². The van der Waals surface area contributed by atoms with Crippen LogP contribution in [0.5, 0.6) is 0 Å². The summed E-state index contributed by atoms with van der Waals surface area (Å²) in [5.41, 5.74) is 27.9. The van der Waals surface area contributed by atoms with E-state index in [0.717, 1.165) is 16.5 Å². The summed E-state index contributed by atoms with van der Waals surface area (Å²) in [6.07, 6.45) is 4.11. The molecule has 3 unspecified atom stereocenters. The Morgan fingerprint density at radius 2 is 1.23 bits per heavy atom. The molecule has 0 radical (unpaired) electrons. The fraction of sp³-hybridized carbons (Fsp3) is 0.435. The van der Waals surface area contributed by atoms with Crippen LogP contribution in [0.15, 0.2) is 30.5 Å². The highest BCUT2D eigenvalue weighted by molar-refractivity contribution is 5.84. The molecule has 39 heavy (non-hydrogen) atoms. The van der Waals surface area contributed by atoms with Gasteiger partial charge in [-0.15, -0.1) is 0 Å². The average Bonchev–Trinajstić information content (AvgIpc) is 3.27. The summed E-state index contributed by atoms with van der Waals surface area (Å²) in [6, 6.07) is 5.27. The number of rotatable bonds is 13. The Labute approximate surface area is 225 Å². The topological polar surface area (TPSA) is 330 Å². The number of nitrogens with one attached hydrogen (secondary N) is 5. The van der Waals surface area contributed by atoms with Crippen LogP contribution in [0.1, 0.15) is 31.2 Å². The SMILES string of the molecule is N=C(N)NCCCC(N)C(=O)O.N=C(N)NCCCC(N)C(=O)O.NC(Cc1c[nH]c2ccccc12)C(=O)O. The number of guanidine groups is 2. The molecule has 16 heteroatoms. The Morgan fingerprint density at radius 1 is 0.795 bits per heavy atom. The normalized spacial score (nSPS) is 12.4. The third-order valence-electron chi connectivity index (χ3n) is 5.08. The van der Waals surface area contributed by atoms with E-state index in [9.17, 15) is 14.4 Å². The number of hydrogen-bond acceptors (Lipinski definition) is 8. The van der Waals surface area contributed by atoms with E-state index in [1.54, 1.807) is 0 Å². The second-order valence-electron chi connectivity index (χ2n) is 8.36. The van der Waals surface area contributed by atoms with Gasteiger partial charge in [0.15, 0.2) is 11.9 Å². The largest absolute Gasteiger partial charge is 0.480 e. The highest BCUT2D eigenvalue weighted by atomic mass is 16.4. The van der Waals surface area contributed by atoms with E-state index >= 15 is 0 Å². The molecule has 1 aromatic heterocycles. The molecule has 16 nitrogen and oxygen atoms in total. The molecular formula is C23H40N10O6. The number of H-pyrrole nitrogens is 1. The predicted octanol–water partition coefficient (Wildman–Crippen LogP) is -1.55. The molecular weight excluding hydrogens is 512 g/mol. The maximum absolute atomic E-state index is 10.6. The van der Waals surface area contributed by atoms with Crippen molar-refractivity contribution < 1.29 is 29.7 Å². The molecule has 0 amide bonds. The van der Waals surface area contributed by atoms with Gasteiger partial charge >= 0.3 is 17.9 Å². The van der Waals surface area contributed by atoms with Gasteiger partial charge in [0.05, 0.1) is 0 Å². The van der Waals surface area contributed by atoms with E-state index in [-0.39, 0.29) is 11.9 Å². The molecule has 0 bridgehead atoms. The smallest absolute Gasteiger partial charge is 0.320 e. The zero-order chi connectivity index (χ0) is 30.0. The standard InChI is InChI=1S/C11H12N2O2.2C6H14N4O2/c12-9(11(14)15)5-7-6-13-10-4-2-1-3-8(7)10;2*7-4(5(11)12)2-1-3-10-6(8)9/h1-4,6,9,13H,5,12H2,(H,14,15);2*4H,1-3,7H2,(H,11,12)(H4,8,9,10). The van der Waals surface area contributed by atoms with Crippen LogP contribution in [-0.2, 0) is 20.8 Å². The van der Waals surface area contributed by atoms with E-state index in [1.165, 1.54) is 0 Å². The van der Waals surface area contributed by atoms with E-state index in [2.05, 4.69) is 15.6 Å². The minimum absolute atomic E-state index is 0.112. The molecule has 0 fully saturated rings. The number of fused-ring (bicyclic) bond motifs is 1. The van der Waals surface area contributed by atoms with E-state index < -0.39 is 36.0 Å². The van der Waals surface area contributed by atoms with Gasteiger partial charge in [-0.3, -0.25) is 25.2 Å². The molecule has 1 aromatic carbocycles. The van der Waals surface area contributed by atoms with Crippen molar-refractivity contribution in [3.8, 4) is 0 Å². The molecule has 18 N–H and O–H groups in total. The van der Waals surface area contributed by atoms with Crippen LogP contribution in [0.25, 0.3) is 10.9 Å². The van der Waals surface area contributed by atoms with Crippen molar-refractivity contribution in [3.05, 3.63) is 36.0 Å². The highest BCUT2D eigenvalue weighted by Gasteiger charge is 2.14. The minimum atomic E-state index is -1.00. The number of aliphatic carboxylic acids is 3. The lowest BCUT2D eigenvalue weighted by molar-refractivity contribution is -0.139. The van der Waals surface area contributed by atoms with Crippen molar-refractivity contribution in [2.45, 2.75) is 50.2 Å². The van der Waals surface area contributed by atoms with Crippen LogP contribution in [0.2, 0.25) is 0 Å². The second-order valence-corrected chi connectivity index (χ2v) is 8.36. The van der Waals surface area contributed by atoms with Crippen LogP contribution < -0.4 is 39.3 Å². The lowest BCUT2D eigenvalue weighted by Crippen LogP contribution is -2.34. The Hall–Kier alpha value is -4.41. The fourth-order valence-electron chi connectivity index (χ4n) is 2.96. The number of nitrogens with two attached hydrogens (primary N) is 5. The quantitative estimate of drug-likeness (QED) is 0.0760. The zero-order valence-corrected chi connectivity index (χ0v) is 21.5. The van der Waals surface area contributed by atoms with Crippen LogP contribution in [-0.4, -0.2) is 81.3 Å². The lowest BCUT2D eigenvalue weighted by Gasteiger charge is -2.06. The number of benzene rings is 1. The molecule has 0 aliphatic heterocycles. The fourth-order valence-corrected chi connectivity index (χ4v) is 2.96. The van der Waals surface area contributed by atoms with E-state index in [4.69, 9.17) is 54.8 Å². The minimum Gasteiger partial charge on any atom is -0.480 e. The number of aromatic nitrogens is 1. The van der Waals surface area contributed by atoms with Crippen molar-refractivity contribution in [1.29, 1.82) is 10.8 Å². The monoisotopic (exact) mass is 552 g/mol.